The monoisotopic (exact) mass is 400 g/mol. The van der Waals surface area contributed by atoms with E-state index in [1.54, 1.807) is 37.6 Å². The molecule has 1 aromatic carbocycles. The number of methoxy groups -OCH3 is 1. The zero-order valence-electron chi connectivity index (χ0n) is 15.6. The van der Waals surface area contributed by atoms with Gasteiger partial charge in [0.2, 0.25) is 21.8 Å². The molecule has 28 heavy (non-hydrogen) atoms. The van der Waals surface area contributed by atoms with Gasteiger partial charge in [-0.3, -0.25) is 4.98 Å². The molecule has 0 N–H and O–H groups in total. The number of sulfonamides is 1. The van der Waals surface area contributed by atoms with Crippen molar-refractivity contribution >= 4 is 10.0 Å². The molecule has 3 aromatic rings. The number of benzene rings is 1. The van der Waals surface area contributed by atoms with Crippen LogP contribution in [0.25, 0.3) is 11.5 Å². The van der Waals surface area contributed by atoms with E-state index < -0.39 is 10.0 Å². The Hall–Kier alpha value is -2.78. The highest BCUT2D eigenvalue weighted by Gasteiger charge is 2.35. The van der Waals surface area contributed by atoms with Crippen LogP contribution < -0.4 is 4.74 Å². The first-order chi connectivity index (χ1) is 13.5. The van der Waals surface area contributed by atoms with Crippen LogP contribution in [0.15, 0.2) is 51.9 Å². The Bertz CT molecular complexity index is 1060. The van der Waals surface area contributed by atoms with Crippen LogP contribution in [-0.4, -0.2) is 48.1 Å². The summed E-state index contributed by atoms with van der Waals surface area (Å²) in [6.07, 6.45) is 2.31. The van der Waals surface area contributed by atoms with Crippen molar-refractivity contribution in [2.24, 2.45) is 0 Å². The second-order valence-corrected chi connectivity index (χ2v) is 8.60. The molecule has 0 bridgehead atoms. The third kappa shape index (κ3) is 3.50. The fourth-order valence-corrected chi connectivity index (χ4v) is 4.66. The van der Waals surface area contributed by atoms with E-state index in [1.807, 2.05) is 19.1 Å². The summed E-state index contributed by atoms with van der Waals surface area (Å²) in [5.74, 6) is 1.32. The van der Waals surface area contributed by atoms with Crippen LogP contribution in [0.5, 0.6) is 5.75 Å². The fourth-order valence-electron chi connectivity index (χ4n) is 3.16. The number of aromatic nitrogens is 3. The van der Waals surface area contributed by atoms with E-state index in [9.17, 15) is 8.42 Å². The molecule has 146 valence electrons. The first-order valence-corrected chi connectivity index (χ1v) is 10.3. The van der Waals surface area contributed by atoms with Crippen molar-refractivity contribution in [3.8, 4) is 17.2 Å². The molecular weight excluding hydrogens is 380 g/mol. The molecule has 1 aliphatic rings. The Balaban J connectivity index is 1.50. The Kier molecular flexibility index (Phi) is 4.86. The lowest BCUT2D eigenvalue weighted by atomic mass is 10.1. The number of hydrogen-bond donors (Lipinski definition) is 0. The molecule has 2 aromatic heterocycles. The third-order valence-electron chi connectivity index (χ3n) is 4.80. The molecule has 9 heteroatoms. The van der Waals surface area contributed by atoms with Crippen molar-refractivity contribution in [3.05, 3.63) is 54.2 Å². The quantitative estimate of drug-likeness (QED) is 0.649. The van der Waals surface area contributed by atoms with Gasteiger partial charge in [-0.15, -0.1) is 10.2 Å². The van der Waals surface area contributed by atoms with Gasteiger partial charge in [0.25, 0.3) is 0 Å². The molecule has 0 radical (unpaired) electrons. The van der Waals surface area contributed by atoms with E-state index in [0.717, 1.165) is 11.3 Å². The number of nitrogens with zero attached hydrogens (tertiary/aromatic N) is 4. The Morgan fingerprint density at radius 1 is 1.14 bits per heavy atom. The van der Waals surface area contributed by atoms with Crippen molar-refractivity contribution in [2.45, 2.75) is 24.2 Å². The maximum Gasteiger partial charge on any atom is 0.249 e. The lowest BCUT2D eigenvalue weighted by molar-refractivity contribution is 0.414. The summed E-state index contributed by atoms with van der Waals surface area (Å²) in [5, 5.41) is 8.21. The summed E-state index contributed by atoms with van der Waals surface area (Å²) < 4.78 is 38.1. The average Bonchev–Trinajstić information content (AvgIpc) is 3.38. The zero-order valence-corrected chi connectivity index (χ0v) is 16.4. The lowest BCUT2D eigenvalue weighted by Crippen LogP contribution is -2.28. The number of pyridine rings is 1. The van der Waals surface area contributed by atoms with Gasteiger partial charge < -0.3 is 9.15 Å². The molecular formula is C19H20N4O4S. The van der Waals surface area contributed by atoms with E-state index in [0.29, 0.717) is 37.0 Å². The van der Waals surface area contributed by atoms with Gasteiger partial charge >= 0.3 is 0 Å². The van der Waals surface area contributed by atoms with E-state index in [1.165, 1.54) is 4.31 Å². The van der Waals surface area contributed by atoms with Gasteiger partial charge in [-0.25, -0.2) is 8.42 Å². The van der Waals surface area contributed by atoms with Crippen LogP contribution in [0, 0.1) is 6.92 Å². The smallest absolute Gasteiger partial charge is 0.249 e. The maximum absolute atomic E-state index is 12.9. The topological polar surface area (TPSA) is 98.4 Å². The van der Waals surface area contributed by atoms with E-state index >= 15 is 0 Å². The van der Waals surface area contributed by atoms with Crippen molar-refractivity contribution in [2.75, 3.05) is 20.2 Å². The molecule has 1 saturated heterocycles. The largest absolute Gasteiger partial charge is 0.497 e. The fraction of sp³-hybridized carbons (Fsp3) is 0.316. The molecule has 0 amide bonds. The molecule has 0 saturated carbocycles. The first-order valence-electron chi connectivity index (χ1n) is 8.88. The summed E-state index contributed by atoms with van der Waals surface area (Å²) in [6, 6.07) is 10.1. The molecule has 3 heterocycles. The number of rotatable bonds is 5. The SMILES string of the molecule is COc1ccc(S(=O)(=O)N2CCC(c3nnc(-c4ccc(C)nc4)o3)C2)cc1. The van der Waals surface area contributed by atoms with Crippen molar-refractivity contribution in [1.82, 2.24) is 19.5 Å². The van der Waals surface area contributed by atoms with E-state index in [2.05, 4.69) is 15.2 Å². The minimum absolute atomic E-state index is 0.132. The predicted octanol–water partition coefficient (Wildman–Crippen LogP) is 2.63. The normalized spacial score (nSPS) is 17.7. The maximum atomic E-state index is 12.9. The van der Waals surface area contributed by atoms with Crippen LogP contribution in [0.1, 0.15) is 23.9 Å². The second kappa shape index (κ2) is 7.33. The number of aryl methyl sites for hydroxylation is 1. The Morgan fingerprint density at radius 3 is 2.61 bits per heavy atom. The van der Waals surface area contributed by atoms with Gasteiger partial charge in [0.1, 0.15) is 5.75 Å². The number of hydrogen-bond acceptors (Lipinski definition) is 7. The molecule has 1 fully saturated rings. The lowest BCUT2D eigenvalue weighted by Gasteiger charge is -2.16. The van der Waals surface area contributed by atoms with Gasteiger partial charge in [0.15, 0.2) is 0 Å². The summed E-state index contributed by atoms with van der Waals surface area (Å²) in [6.45, 7) is 2.62. The van der Waals surface area contributed by atoms with Crippen LogP contribution in [-0.2, 0) is 10.0 Å². The minimum Gasteiger partial charge on any atom is -0.497 e. The van der Waals surface area contributed by atoms with Crippen molar-refractivity contribution in [3.63, 3.8) is 0 Å². The Morgan fingerprint density at radius 2 is 1.93 bits per heavy atom. The zero-order chi connectivity index (χ0) is 19.7. The van der Waals surface area contributed by atoms with E-state index in [-0.39, 0.29) is 10.8 Å². The van der Waals surface area contributed by atoms with Gasteiger partial charge in [-0.05, 0) is 49.7 Å². The van der Waals surface area contributed by atoms with E-state index in [4.69, 9.17) is 9.15 Å². The highest BCUT2D eigenvalue weighted by Crippen LogP contribution is 2.32. The standard InChI is InChI=1S/C19H20N4O4S/c1-13-3-4-14(11-20-13)18-21-22-19(27-18)15-9-10-23(12-15)28(24,25)17-7-5-16(26-2)6-8-17/h3-8,11,15H,9-10,12H2,1-2H3. The predicted molar refractivity (Wildman–Crippen MR) is 101 cm³/mol. The third-order valence-corrected chi connectivity index (χ3v) is 6.68. The van der Waals surface area contributed by atoms with Gasteiger partial charge in [0.05, 0.1) is 23.5 Å². The molecule has 8 nitrogen and oxygen atoms in total. The van der Waals surface area contributed by atoms with Gasteiger partial charge in [-0.2, -0.15) is 4.31 Å². The van der Waals surface area contributed by atoms with Crippen LogP contribution >= 0.6 is 0 Å². The summed E-state index contributed by atoms with van der Waals surface area (Å²) in [7, 11) is -2.04. The average molecular weight is 400 g/mol. The van der Waals surface area contributed by atoms with Crippen LogP contribution in [0.2, 0.25) is 0 Å². The molecule has 1 aliphatic heterocycles. The summed E-state index contributed by atoms with van der Waals surface area (Å²) >= 11 is 0. The Labute approximate surface area is 163 Å². The molecule has 0 spiro atoms. The highest BCUT2D eigenvalue weighted by atomic mass is 32.2. The summed E-state index contributed by atoms with van der Waals surface area (Å²) in [4.78, 5) is 4.47. The molecule has 4 rings (SSSR count). The second-order valence-electron chi connectivity index (χ2n) is 6.66. The van der Waals surface area contributed by atoms with Crippen LogP contribution in [0.3, 0.4) is 0 Å². The number of ether oxygens (including phenoxy) is 1. The van der Waals surface area contributed by atoms with Gasteiger partial charge in [0, 0.05) is 25.0 Å². The highest BCUT2D eigenvalue weighted by molar-refractivity contribution is 7.89. The van der Waals surface area contributed by atoms with Gasteiger partial charge in [-0.1, -0.05) is 0 Å². The minimum atomic E-state index is -3.58. The first kappa shape index (κ1) is 18.6. The van der Waals surface area contributed by atoms with Crippen molar-refractivity contribution < 1.29 is 17.6 Å². The summed E-state index contributed by atoms with van der Waals surface area (Å²) in [5.41, 5.74) is 1.64. The molecule has 1 atom stereocenters. The van der Waals surface area contributed by atoms with Crippen molar-refractivity contribution in [1.29, 1.82) is 0 Å². The molecule has 1 unspecified atom stereocenters. The van der Waals surface area contributed by atoms with Crippen LogP contribution in [0.4, 0.5) is 0 Å². The molecule has 0 aliphatic carbocycles.